The predicted molar refractivity (Wildman–Crippen MR) is 76.4 cm³/mol. The van der Waals surface area contributed by atoms with Crippen LogP contribution in [0.2, 0.25) is 0 Å². The van der Waals surface area contributed by atoms with Crippen LogP contribution >= 0.6 is 15.9 Å². The van der Waals surface area contributed by atoms with Gasteiger partial charge in [0.25, 0.3) is 0 Å². The van der Waals surface area contributed by atoms with E-state index in [0.717, 1.165) is 25.9 Å². The molecule has 0 atom stereocenters. The number of nitrogens with zero attached hydrogens (tertiary/aromatic N) is 1. The fraction of sp³-hybridized carbons (Fsp3) is 0.500. The summed E-state index contributed by atoms with van der Waals surface area (Å²) >= 11 is 3.05. The van der Waals surface area contributed by atoms with E-state index >= 15 is 0 Å². The zero-order valence-corrected chi connectivity index (χ0v) is 12.2. The van der Waals surface area contributed by atoms with Gasteiger partial charge in [-0.05, 0) is 40.9 Å². The normalized spacial score (nSPS) is 16.8. The van der Waals surface area contributed by atoms with Crippen molar-refractivity contribution in [2.75, 3.05) is 18.0 Å². The van der Waals surface area contributed by atoms with Gasteiger partial charge in [-0.2, -0.15) is 0 Å². The van der Waals surface area contributed by atoms with Crippen molar-refractivity contribution in [1.82, 2.24) is 0 Å². The standard InChI is InChI=1S/C14H17BrFNO2/c15-12-10(14(18)19)6-7-11(13(12)16)17-8-4-2-1-3-5-9-17/h6-7H,1-5,8-9H2,(H,18,19). The van der Waals surface area contributed by atoms with Crippen LogP contribution in [0.25, 0.3) is 0 Å². The fourth-order valence-electron chi connectivity index (χ4n) is 2.44. The summed E-state index contributed by atoms with van der Waals surface area (Å²) < 4.78 is 14.3. The third kappa shape index (κ3) is 3.26. The lowest BCUT2D eigenvalue weighted by Gasteiger charge is -2.27. The van der Waals surface area contributed by atoms with E-state index < -0.39 is 11.8 Å². The minimum absolute atomic E-state index is 0.0340. The van der Waals surface area contributed by atoms with Crippen LogP contribution < -0.4 is 4.90 Å². The van der Waals surface area contributed by atoms with Gasteiger partial charge in [0.05, 0.1) is 15.7 Å². The Hall–Kier alpha value is -1.10. The first-order valence-corrected chi connectivity index (χ1v) is 7.37. The molecule has 1 aliphatic rings. The van der Waals surface area contributed by atoms with Gasteiger partial charge in [-0.15, -0.1) is 0 Å². The van der Waals surface area contributed by atoms with Crippen LogP contribution in [0.15, 0.2) is 16.6 Å². The summed E-state index contributed by atoms with van der Waals surface area (Å²) in [7, 11) is 0. The molecule has 2 rings (SSSR count). The number of anilines is 1. The Kier molecular flexibility index (Phi) is 4.80. The van der Waals surface area contributed by atoms with Crippen LogP contribution in [-0.4, -0.2) is 24.2 Å². The topological polar surface area (TPSA) is 40.5 Å². The lowest BCUT2D eigenvalue weighted by Crippen LogP contribution is -2.28. The second-order valence-corrected chi connectivity index (χ2v) is 5.61. The van der Waals surface area contributed by atoms with E-state index in [2.05, 4.69) is 15.9 Å². The van der Waals surface area contributed by atoms with Crippen molar-refractivity contribution in [1.29, 1.82) is 0 Å². The Morgan fingerprint density at radius 3 is 2.32 bits per heavy atom. The summed E-state index contributed by atoms with van der Waals surface area (Å²) in [6, 6.07) is 3.04. The second-order valence-electron chi connectivity index (χ2n) is 4.82. The van der Waals surface area contributed by atoms with E-state index in [1.54, 1.807) is 6.07 Å². The molecular weight excluding hydrogens is 313 g/mol. The second kappa shape index (κ2) is 6.37. The van der Waals surface area contributed by atoms with E-state index in [0.29, 0.717) is 5.69 Å². The van der Waals surface area contributed by atoms with Crippen molar-refractivity contribution >= 4 is 27.6 Å². The quantitative estimate of drug-likeness (QED) is 0.889. The Morgan fingerprint density at radius 1 is 1.16 bits per heavy atom. The van der Waals surface area contributed by atoms with Crippen LogP contribution in [-0.2, 0) is 0 Å². The highest BCUT2D eigenvalue weighted by Gasteiger charge is 2.19. The Labute approximate surface area is 120 Å². The number of carboxylic acid groups (broad SMARTS) is 1. The van der Waals surface area contributed by atoms with Crippen LogP contribution in [0.3, 0.4) is 0 Å². The minimum Gasteiger partial charge on any atom is -0.478 e. The maximum atomic E-state index is 14.3. The summed E-state index contributed by atoms with van der Waals surface area (Å²) in [4.78, 5) is 13.0. The Morgan fingerprint density at radius 2 is 1.74 bits per heavy atom. The third-order valence-electron chi connectivity index (χ3n) is 3.49. The van der Waals surface area contributed by atoms with E-state index in [9.17, 15) is 9.18 Å². The van der Waals surface area contributed by atoms with Crippen molar-refractivity contribution in [3.05, 3.63) is 28.0 Å². The fourth-order valence-corrected chi connectivity index (χ4v) is 2.94. The van der Waals surface area contributed by atoms with Crippen molar-refractivity contribution in [3.63, 3.8) is 0 Å². The van der Waals surface area contributed by atoms with Gasteiger partial charge in [0.2, 0.25) is 0 Å². The molecule has 104 valence electrons. The molecule has 0 bridgehead atoms. The number of carboxylic acids is 1. The molecule has 0 saturated carbocycles. The summed E-state index contributed by atoms with van der Waals surface area (Å²) in [5.74, 6) is -1.59. The number of hydrogen-bond donors (Lipinski definition) is 1. The van der Waals surface area contributed by atoms with Crippen LogP contribution in [0.5, 0.6) is 0 Å². The molecule has 0 aliphatic carbocycles. The smallest absolute Gasteiger partial charge is 0.336 e. The average molecular weight is 330 g/mol. The zero-order chi connectivity index (χ0) is 13.8. The lowest BCUT2D eigenvalue weighted by atomic mass is 10.1. The predicted octanol–water partition coefficient (Wildman–Crippen LogP) is 4.06. The minimum atomic E-state index is -1.12. The van der Waals surface area contributed by atoms with Crippen molar-refractivity contribution < 1.29 is 14.3 Å². The molecule has 0 unspecified atom stereocenters. The molecule has 1 aromatic carbocycles. The van der Waals surface area contributed by atoms with Gasteiger partial charge in [-0.1, -0.05) is 19.3 Å². The van der Waals surface area contributed by atoms with Crippen molar-refractivity contribution in [3.8, 4) is 0 Å². The maximum absolute atomic E-state index is 14.3. The number of carbonyl (C=O) groups is 1. The van der Waals surface area contributed by atoms with E-state index in [1.807, 2.05) is 4.90 Å². The third-order valence-corrected chi connectivity index (χ3v) is 4.26. The van der Waals surface area contributed by atoms with Gasteiger partial charge in [-0.25, -0.2) is 9.18 Å². The van der Waals surface area contributed by atoms with Crippen molar-refractivity contribution in [2.24, 2.45) is 0 Å². The van der Waals surface area contributed by atoms with Gasteiger partial charge < -0.3 is 10.0 Å². The summed E-state index contributed by atoms with van der Waals surface area (Å²) in [5.41, 5.74) is 0.465. The molecule has 1 N–H and O–H groups in total. The molecule has 1 fully saturated rings. The van der Waals surface area contributed by atoms with E-state index in [1.165, 1.54) is 25.3 Å². The maximum Gasteiger partial charge on any atom is 0.336 e. The Bertz CT molecular complexity index is 471. The number of rotatable bonds is 2. The van der Waals surface area contributed by atoms with Gasteiger partial charge in [0.1, 0.15) is 0 Å². The molecule has 1 aromatic rings. The molecule has 3 nitrogen and oxygen atoms in total. The SMILES string of the molecule is O=C(O)c1ccc(N2CCCCCCC2)c(F)c1Br. The van der Waals surface area contributed by atoms with Crippen LogP contribution in [0, 0.1) is 5.82 Å². The number of benzene rings is 1. The highest BCUT2D eigenvalue weighted by Crippen LogP contribution is 2.30. The molecule has 1 aliphatic heterocycles. The molecule has 0 spiro atoms. The molecule has 1 saturated heterocycles. The summed E-state index contributed by atoms with van der Waals surface area (Å²) in [5, 5.41) is 8.96. The van der Waals surface area contributed by atoms with Gasteiger partial charge >= 0.3 is 5.97 Å². The van der Waals surface area contributed by atoms with Gasteiger partial charge in [0, 0.05) is 13.1 Å². The Balaban J connectivity index is 2.28. The van der Waals surface area contributed by atoms with E-state index in [4.69, 9.17) is 5.11 Å². The number of aromatic carboxylic acids is 1. The number of halogens is 2. The molecule has 19 heavy (non-hydrogen) atoms. The van der Waals surface area contributed by atoms with Gasteiger partial charge in [0.15, 0.2) is 5.82 Å². The highest BCUT2D eigenvalue weighted by atomic mass is 79.9. The first-order chi connectivity index (χ1) is 9.11. The molecular formula is C14H17BrFNO2. The summed E-state index contributed by atoms with van der Waals surface area (Å²) in [6.07, 6.45) is 5.70. The highest BCUT2D eigenvalue weighted by molar-refractivity contribution is 9.10. The van der Waals surface area contributed by atoms with Crippen LogP contribution in [0.4, 0.5) is 10.1 Å². The van der Waals surface area contributed by atoms with Gasteiger partial charge in [-0.3, -0.25) is 0 Å². The lowest BCUT2D eigenvalue weighted by molar-refractivity contribution is 0.0695. The zero-order valence-electron chi connectivity index (χ0n) is 10.7. The first-order valence-electron chi connectivity index (χ1n) is 6.57. The monoisotopic (exact) mass is 329 g/mol. The first kappa shape index (κ1) is 14.3. The van der Waals surface area contributed by atoms with E-state index in [-0.39, 0.29) is 10.0 Å². The molecule has 1 heterocycles. The number of hydrogen-bond acceptors (Lipinski definition) is 2. The van der Waals surface area contributed by atoms with Crippen molar-refractivity contribution in [2.45, 2.75) is 32.1 Å². The summed E-state index contributed by atoms with van der Waals surface area (Å²) in [6.45, 7) is 1.66. The van der Waals surface area contributed by atoms with Crippen LogP contribution in [0.1, 0.15) is 42.5 Å². The average Bonchev–Trinajstić information content (AvgIpc) is 2.32. The molecule has 0 radical (unpaired) electrons. The largest absolute Gasteiger partial charge is 0.478 e. The molecule has 0 amide bonds. The molecule has 5 heteroatoms. The molecule has 0 aromatic heterocycles.